The SMILES string of the molecule is CN(CCN(C)C(=O)Cc1ccc(C(C)(C)C)cc1)C[C@H]1O[C@@H](n2cnc3c(N)ncnc32)[C@@H]2OC(C)(C)O[C@@H]21. The molecular formula is C29H41N7O4. The second-order valence-corrected chi connectivity index (χ2v) is 12.4. The van der Waals surface area contributed by atoms with E-state index in [2.05, 4.69) is 64.9 Å². The summed E-state index contributed by atoms with van der Waals surface area (Å²) in [5.74, 6) is -0.327. The van der Waals surface area contributed by atoms with E-state index in [1.54, 1.807) is 11.2 Å². The van der Waals surface area contributed by atoms with Gasteiger partial charge < -0.3 is 29.7 Å². The minimum Gasteiger partial charge on any atom is -0.382 e. The van der Waals surface area contributed by atoms with Gasteiger partial charge in [0.05, 0.1) is 12.7 Å². The van der Waals surface area contributed by atoms with Crippen LogP contribution in [-0.4, -0.2) is 93.1 Å². The minimum absolute atomic E-state index is 0.0906. The van der Waals surface area contributed by atoms with Gasteiger partial charge in [-0.25, -0.2) is 15.0 Å². The molecule has 2 N–H and O–H groups in total. The van der Waals surface area contributed by atoms with Crippen molar-refractivity contribution in [2.24, 2.45) is 0 Å². The number of nitrogens with zero attached hydrogens (tertiary/aromatic N) is 6. The van der Waals surface area contributed by atoms with Crippen LogP contribution in [0.4, 0.5) is 5.82 Å². The molecule has 40 heavy (non-hydrogen) atoms. The van der Waals surface area contributed by atoms with Crippen LogP contribution in [0.2, 0.25) is 0 Å². The number of benzene rings is 1. The Hall–Kier alpha value is -3.12. The van der Waals surface area contributed by atoms with Crippen LogP contribution in [0.1, 0.15) is 52.0 Å². The monoisotopic (exact) mass is 551 g/mol. The molecule has 3 aromatic rings. The number of nitrogens with two attached hydrogens (primary N) is 1. The molecule has 1 amide bonds. The molecule has 2 aromatic heterocycles. The van der Waals surface area contributed by atoms with Crippen LogP contribution in [-0.2, 0) is 30.8 Å². The molecule has 0 unspecified atom stereocenters. The van der Waals surface area contributed by atoms with E-state index in [1.807, 2.05) is 32.5 Å². The fourth-order valence-electron chi connectivity index (χ4n) is 5.36. The highest BCUT2D eigenvalue weighted by Gasteiger charge is 2.56. The maximum Gasteiger partial charge on any atom is 0.226 e. The highest BCUT2D eigenvalue weighted by Crippen LogP contribution is 2.44. The molecule has 4 atom stereocenters. The van der Waals surface area contributed by atoms with E-state index in [1.165, 1.54) is 11.9 Å². The second kappa shape index (κ2) is 10.7. The van der Waals surface area contributed by atoms with Crippen molar-refractivity contribution in [2.45, 2.75) is 76.8 Å². The first-order chi connectivity index (χ1) is 18.8. The zero-order valence-electron chi connectivity index (χ0n) is 24.5. The van der Waals surface area contributed by atoms with Gasteiger partial charge in [0, 0.05) is 26.7 Å². The van der Waals surface area contributed by atoms with Crippen LogP contribution in [0.15, 0.2) is 36.9 Å². The Morgan fingerprint density at radius 2 is 1.75 bits per heavy atom. The highest BCUT2D eigenvalue weighted by molar-refractivity contribution is 5.81. The summed E-state index contributed by atoms with van der Waals surface area (Å²) in [6.45, 7) is 12.3. The van der Waals surface area contributed by atoms with Crippen molar-refractivity contribution in [1.29, 1.82) is 0 Å². The number of fused-ring (bicyclic) bond motifs is 2. The number of aromatic nitrogens is 4. The predicted molar refractivity (Wildman–Crippen MR) is 151 cm³/mol. The number of hydrogen-bond donors (Lipinski definition) is 1. The van der Waals surface area contributed by atoms with Crippen molar-refractivity contribution in [3.63, 3.8) is 0 Å². The number of imidazole rings is 1. The van der Waals surface area contributed by atoms with Crippen molar-refractivity contribution >= 4 is 22.9 Å². The van der Waals surface area contributed by atoms with Gasteiger partial charge in [0.15, 0.2) is 23.5 Å². The van der Waals surface area contributed by atoms with E-state index in [9.17, 15) is 4.79 Å². The lowest BCUT2D eigenvalue weighted by Crippen LogP contribution is -2.42. The Balaban J connectivity index is 1.19. The molecule has 2 aliphatic heterocycles. The van der Waals surface area contributed by atoms with Crippen molar-refractivity contribution in [3.8, 4) is 0 Å². The number of carbonyl (C=O) groups excluding carboxylic acids is 1. The number of anilines is 1. The standard InChI is InChI=1S/C29H41N7O4/c1-28(2,3)19-10-8-18(9-11-19)14-21(37)35(7)13-12-34(6)15-20-23-24(40-29(4,5)39-23)27(38-20)36-17-33-22-25(30)31-16-32-26(22)36/h8-11,16-17,20,23-24,27H,12-15H2,1-7H3,(H2,30,31,32)/t20-,23-,24-,27-/m1/s1. The van der Waals surface area contributed by atoms with E-state index in [-0.39, 0.29) is 29.6 Å². The van der Waals surface area contributed by atoms with Gasteiger partial charge in [-0.2, -0.15) is 0 Å². The molecule has 216 valence electrons. The molecule has 0 spiro atoms. The zero-order chi connectivity index (χ0) is 28.8. The zero-order valence-corrected chi connectivity index (χ0v) is 24.5. The molecule has 5 rings (SSSR count). The van der Waals surface area contributed by atoms with Gasteiger partial charge in [0.2, 0.25) is 5.91 Å². The Morgan fingerprint density at radius 1 is 1.05 bits per heavy atom. The Labute approximate surface area is 235 Å². The molecule has 0 aliphatic carbocycles. The van der Waals surface area contributed by atoms with Crippen molar-refractivity contribution in [3.05, 3.63) is 48.0 Å². The van der Waals surface area contributed by atoms with E-state index in [4.69, 9.17) is 19.9 Å². The molecule has 11 heteroatoms. The molecular weight excluding hydrogens is 510 g/mol. The summed E-state index contributed by atoms with van der Waals surface area (Å²) < 4.78 is 20.9. The van der Waals surface area contributed by atoms with Gasteiger partial charge >= 0.3 is 0 Å². The summed E-state index contributed by atoms with van der Waals surface area (Å²) >= 11 is 0. The van der Waals surface area contributed by atoms with Crippen LogP contribution in [0.3, 0.4) is 0 Å². The molecule has 0 bridgehead atoms. The van der Waals surface area contributed by atoms with Gasteiger partial charge in [0.25, 0.3) is 0 Å². The van der Waals surface area contributed by atoms with E-state index in [0.717, 1.165) is 5.56 Å². The van der Waals surface area contributed by atoms with Crippen molar-refractivity contribution in [2.75, 3.05) is 39.5 Å². The first kappa shape index (κ1) is 28.4. The third kappa shape index (κ3) is 5.83. The van der Waals surface area contributed by atoms with Crippen molar-refractivity contribution in [1.82, 2.24) is 29.3 Å². The summed E-state index contributed by atoms with van der Waals surface area (Å²) in [4.78, 5) is 29.7. The van der Waals surface area contributed by atoms with Gasteiger partial charge in [0.1, 0.15) is 30.2 Å². The number of hydrogen-bond acceptors (Lipinski definition) is 9. The Kier molecular flexibility index (Phi) is 7.60. The third-order valence-corrected chi connectivity index (χ3v) is 7.70. The second-order valence-electron chi connectivity index (χ2n) is 12.4. The van der Waals surface area contributed by atoms with Crippen LogP contribution in [0.25, 0.3) is 11.2 Å². The normalized spacial score (nSPS) is 24.1. The number of ether oxygens (including phenoxy) is 3. The van der Waals surface area contributed by atoms with Gasteiger partial charge in [-0.15, -0.1) is 0 Å². The third-order valence-electron chi connectivity index (χ3n) is 7.70. The molecule has 0 saturated carbocycles. The van der Waals surface area contributed by atoms with Crippen molar-refractivity contribution < 1.29 is 19.0 Å². The molecule has 2 saturated heterocycles. The largest absolute Gasteiger partial charge is 0.382 e. The lowest BCUT2D eigenvalue weighted by atomic mass is 9.86. The average molecular weight is 552 g/mol. The lowest BCUT2D eigenvalue weighted by Gasteiger charge is -2.28. The van der Waals surface area contributed by atoms with Gasteiger partial charge in [-0.3, -0.25) is 9.36 Å². The number of likely N-dealkylation sites (N-methyl/N-ethyl adjacent to an activating group) is 2. The van der Waals surface area contributed by atoms with Crippen LogP contribution in [0.5, 0.6) is 0 Å². The minimum atomic E-state index is -0.740. The Morgan fingerprint density at radius 3 is 2.45 bits per heavy atom. The van der Waals surface area contributed by atoms with E-state index < -0.39 is 12.0 Å². The summed E-state index contributed by atoms with van der Waals surface area (Å²) in [6.07, 6.45) is 2.14. The molecule has 11 nitrogen and oxygen atoms in total. The quantitative estimate of drug-likeness (QED) is 0.450. The first-order valence-electron chi connectivity index (χ1n) is 13.8. The van der Waals surface area contributed by atoms with Gasteiger partial charge in [-0.05, 0) is 37.4 Å². The smallest absolute Gasteiger partial charge is 0.226 e. The summed E-state index contributed by atoms with van der Waals surface area (Å²) in [7, 11) is 3.88. The predicted octanol–water partition coefficient (Wildman–Crippen LogP) is 2.76. The maximum atomic E-state index is 12.9. The lowest BCUT2D eigenvalue weighted by molar-refractivity contribution is -0.197. The fraction of sp³-hybridized carbons (Fsp3) is 0.586. The molecule has 2 fully saturated rings. The molecule has 2 aliphatic rings. The molecule has 4 heterocycles. The maximum absolute atomic E-state index is 12.9. The summed E-state index contributed by atoms with van der Waals surface area (Å²) in [5, 5.41) is 0. The average Bonchev–Trinajstić information content (AvgIpc) is 3.54. The number of amides is 1. The molecule has 0 radical (unpaired) electrons. The highest BCUT2D eigenvalue weighted by atomic mass is 16.8. The number of rotatable bonds is 8. The van der Waals surface area contributed by atoms with Crippen LogP contribution < -0.4 is 5.73 Å². The number of nitrogen functional groups attached to an aromatic ring is 1. The summed E-state index contributed by atoms with van der Waals surface area (Å²) in [5.41, 5.74) is 9.49. The topological polar surface area (TPSA) is 121 Å². The van der Waals surface area contributed by atoms with Crippen LogP contribution in [0, 0.1) is 0 Å². The van der Waals surface area contributed by atoms with E-state index >= 15 is 0 Å². The molecule has 1 aromatic carbocycles. The first-order valence-corrected chi connectivity index (χ1v) is 13.8. The van der Waals surface area contributed by atoms with Gasteiger partial charge in [-0.1, -0.05) is 45.0 Å². The van der Waals surface area contributed by atoms with E-state index in [0.29, 0.717) is 43.0 Å². The Bertz CT molecular complexity index is 1350. The number of carbonyl (C=O) groups is 1. The summed E-state index contributed by atoms with van der Waals surface area (Å²) in [6, 6.07) is 8.33. The fourth-order valence-corrected chi connectivity index (χ4v) is 5.36. The van der Waals surface area contributed by atoms with Crippen LogP contribution >= 0.6 is 0 Å².